The summed E-state index contributed by atoms with van der Waals surface area (Å²) >= 11 is 0. The Bertz CT molecular complexity index is 564. The van der Waals surface area contributed by atoms with Gasteiger partial charge in [0.1, 0.15) is 11.5 Å². The number of carbonyl (C=O) groups is 1. The van der Waals surface area contributed by atoms with Crippen LogP contribution in [-0.2, 0) is 10.5 Å². The highest BCUT2D eigenvalue weighted by atomic mass is 16.5. The third kappa shape index (κ3) is 1.39. The van der Waals surface area contributed by atoms with Crippen LogP contribution in [-0.4, -0.2) is 11.5 Å². The highest BCUT2D eigenvalue weighted by Gasteiger charge is 2.39. The number of amides is 1. The van der Waals surface area contributed by atoms with Gasteiger partial charge in [0, 0.05) is 0 Å². The summed E-state index contributed by atoms with van der Waals surface area (Å²) in [5.41, 5.74) is -0.501. The minimum absolute atomic E-state index is 0.485. The molecule has 2 N–H and O–H groups in total. The quantitative estimate of drug-likeness (QED) is 0.622. The summed E-state index contributed by atoms with van der Waals surface area (Å²) in [6.45, 7) is 0. The number of hydrogen-bond acceptors (Lipinski definition) is 3. The van der Waals surface area contributed by atoms with E-state index in [0.29, 0.717) is 29.0 Å². The van der Waals surface area contributed by atoms with Gasteiger partial charge in [0.15, 0.2) is 5.72 Å². The van der Waals surface area contributed by atoms with Gasteiger partial charge in [-0.3, -0.25) is 4.79 Å². The summed E-state index contributed by atoms with van der Waals surface area (Å²) in [5.74, 6) is 1.07. The zero-order valence-electron chi connectivity index (χ0n) is 9.46. The third-order valence-corrected chi connectivity index (χ3v) is 3.04. The van der Waals surface area contributed by atoms with Crippen LogP contribution in [0.1, 0.15) is 11.1 Å². The fraction of sp³-hybridized carbons (Fsp3) is 0.0714. The molecule has 0 unspecified atom stereocenters. The largest absolute Gasteiger partial charge is 0.456 e. The zero-order chi connectivity index (χ0) is 12.6. The molecule has 4 nitrogen and oxygen atoms in total. The van der Waals surface area contributed by atoms with Crippen LogP contribution in [0, 0.1) is 0 Å². The van der Waals surface area contributed by atoms with E-state index in [2.05, 4.69) is 5.32 Å². The van der Waals surface area contributed by atoms with Crippen molar-refractivity contribution < 1.29 is 14.6 Å². The minimum Gasteiger partial charge on any atom is -0.456 e. The molecule has 2 aromatic carbocycles. The molecule has 1 aliphatic rings. The molecule has 0 fully saturated rings. The van der Waals surface area contributed by atoms with Crippen molar-refractivity contribution in [2.45, 2.75) is 5.72 Å². The summed E-state index contributed by atoms with van der Waals surface area (Å²) in [7, 11) is 0. The van der Waals surface area contributed by atoms with Crippen LogP contribution in [0.5, 0.6) is 11.5 Å². The molecule has 0 bridgehead atoms. The lowest BCUT2D eigenvalue weighted by atomic mass is 9.91. The monoisotopic (exact) mass is 241 g/mol. The molecule has 0 aliphatic carbocycles. The Morgan fingerprint density at radius 1 is 1.00 bits per heavy atom. The fourth-order valence-electron chi connectivity index (χ4n) is 2.21. The average Bonchev–Trinajstić information content (AvgIpc) is 2.40. The van der Waals surface area contributed by atoms with E-state index in [0.717, 1.165) is 0 Å². The number of hydrogen-bond donors (Lipinski definition) is 2. The second-order valence-corrected chi connectivity index (χ2v) is 4.07. The first kappa shape index (κ1) is 10.8. The minimum atomic E-state index is -1.55. The van der Waals surface area contributed by atoms with E-state index in [9.17, 15) is 9.90 Å². The Labute approximate surface area is 104 Å². The van der Waals surface area contributed by atoms with Crippen molar-refractivity contribution in [2.75, 3.05) is 0 Å². The second kappa shape index (κ2) is 3.85. The van der Waals surface area contributed by atoms with Crippen LogP contribution in [0.2, 0.25) is 0 Å². The molecule has 90 valence electrons. The van der Waals surface area contributed by atoms with Crippen LogP contribution in [0.25, 0.3) is 0 Å². The fourth-order valence-corrected chi connectivity index (χ4v) is 2.21. The molecule has 0 saturated heterocycles. The molecule has 3 rings (SSSR count). The lowest BCUT2D eigenvalue weighted by molar-refractivity contribution is -0.115. The molecule has 0 aromatic heterocycles. The lowest BCUT2D eigenvalue weighted by Gasteiger charge is -2.35. The Balaban J connectivity index is 2.27. The maximum atomic E-state index is 10.8. The molecule has 0 saturated carbocycles. The third-order valence-electron chi connectivity index (χ3n) is 3.04. The van der Waals surface area contributed by atoms with Crippen molar-refractivity contribution in [1.82, 2.24) is 5.32 Å². The summed E-state index contributed by atoms with van der Waals surface area (Å²) in [6.07, 6.45) is 0.485. The molecule has 18 heavy (non-hydrogen) atoms. The number of para-hydroxylation sites is 2. The number of fused-ring (bicyclic) bond motifs is 2. The number of carbonyl (C=O) groups excluding carboxylic acids is 1. The standard InChI is InChI=1S/C14H11NO3/c16-9-15-14(17)10-5-1-3-7-12(10)18-13-8-4-2-6-11(13)14/h1-9,17H,(H,15,16). The van der Waals surface area contributed by atoms with Crippen LogP contribution in [0.15, 0.2) is 48.5 Å². The van der Waals surface area contributed by atoms with Gasteiger partial charge in [0.25, 0.3) is 0 Å². The molecule has 2 aromatic rings. The number of nitrogens with one attached hydrogen (secondary N) is 1. The van der Waals surface area contributed by atoms with Crippen molar-refractivity contribution in [3.63, 3.8) is 0 Å². The van der Waals surface area contributed by atoms with Crippen LogP contribution in [0.4, 0.5) is 0 Å². The maximum absolute atomic E-state index is 10.8. The van der Waals surface area contributed by atoms with E-state index in [1.165, 1.54) is 0 Å². The molecule has 4 heteroatoms. The average molecular weight is 241 g/mol. The van der Waals surface area contributed by atoms with E-state index in [1.807, 2.05) is 12.1 Å². The van der Waals surface area contributed by atoms with E-state index >= 15 is 0 Å². The Kier molecular flexibility index (Phi) is 2.31. The molecule has 1 heterocycles. The predicted octanol–water partition coefficient (Wildman–Crippen LogP) is 1.73. The first-order valence-electron chi connectivity index (χ1n) is 5.56. The summed E-state index contributed by atoms with van der Waals surface area (Å²) in [6, 6.07) is 14.2. The lowest BCUT2D eigenvalue weighted by Crippen LogP contribution is -2.44. The first-order valence-corrected chi connectivity index (χ1v) is 5.56. The van der Waals surface area contributed by atoms with Gasteiger partial charge in [-0.2, -0.15) is 0 Å². The highest BCUT2D eigenvalue weighted by molar-refractivity contribution is 5.60. The first-order chi connectivity index (χ1) is 8.75. The van der Waals surface area contributed by atoms with E-state index in [4.69, 9.17) is 4.74 Å². The molecule has 0 spiro atoms. The van der Waals surface area contributed by atoms with E-state index in [1.54, 1.807) is 36.4 Å². The van der Waals surface area contributed by atoms with Crippen LogP contribution >= 0.6 is 0 Å². The van der Waals surface area contributed by atoms with Gasteiger partial charge in [-0.05, 0) is 12.1 Å². The Hall–Kier alpha value is -2.33. The number of ether oxygens (including phenoxy) is 1. The molecule has 1 aliphatic heterocycles. The van der Waals surface area contributed by atoms with Crippen molar-refractivity contribution in [2.24, 2.45) is 0 Å². The SMILES string of the molecule is O=CNC1(O)c2ccccc2Oc2ccccc21. The van der Waals surface area contributed by atoms with Gasteiger partial charge in [0.2, 0.25) is 6.41 Å². The second-order valence-electron chi connectivity index (χ2n) is 4.07. The smallest absolute Gasteiger partial charge is 0.209 e. The van der Waals surface area contributed by atoms with Gasteiger partial charge < -0.3 is 15.2 Å². The molecule has 0 radical (unpaired) electrons. The Morgan fingerprint density at radius 3 is 2.00 bits per heavy atom. The molecular formula is C14H11NO3. The van der Waals surface area contributed by atoms with Gasteiger partial charge >= 0.3 is 0 Å². The molecule has 0 atom stereocenters. The van der Waals surface area contributed by atoms with Crippen molar-refractivity contribution in [1.29, 1.82) is 0 Å². The summed E-state index contributed by atoms with van der Waals surface area (Å²) in [4.78, 5) is 10.8. The summed E-state index contributed by atoms with van der Waals surface area (Å²) in [5, 5.41) is 13.2. The maximum Gasteiger partial charge on any atom is 0.209 e. The van der Waals surface area contributed by atoms with Gasteiger partial charge in [-0.1, -0.05) is 36.4 Å². The molecule has 1 amide bonds. The topological polar surface area (TPSA) is 58.6 Å². The van der Waals surface area contributed by atoms with E-state index < -0.39 is 5.72 Å². The van der Waals surface area contributed by atoms with Crippen molar-refractivity contribution in [3.8, 4) is 11.5 Å². The van der Waals surface area contributed by atoms with Gasteiger partial charge in [-0.15, -0.1) is 0 Å². The summed E-state index contributed by atoms with van der Waals surface area (Å²) < 4.78 is 5.70. The zero-order valence-corrected chi connectivity index (χ0v) is 9.46. The van der Waals surface area contributed by atoms with Crippen LogP contribution < -0.4 is 10.1 Å². The van der Waals surface area contributed by atoms with Crippen molar-refractivity contribution >= 4 is 6.41 Å². The molecular weight excluding hydrogens is 230 g/mol. The normalized spacial score (nSPS) is 14.9. The number of aliphatic hydroxyl groups is 1. The highest BCUT2D eigenvalue weighted by Crippen LogP contribution is 2.44. The van der Waals surface area contributed by atoms with E-state index in [-0.39, 0.29) is 0 Å². The van der Waals surface area contributed by atoms with Gasteiger partial charge in [-0.25, -0.2) is 0 Å². The number of rotatable bonds is 2. The van der Waals surface area contributed by atoms with Crippen molar-refractivity contribution in [3.05, 3.63) is 59.7 Å². The van der Waals surface area contributed by atoms with Gasteiger partial charge in [0.05, 0.1) is 11.1 Å². The predicted molar refractivity (Wildman–Crippen MR) is 65.2 cm³/mol. The van der Waals surface area contributed by atoms with Crippen LogP contribution in [0.3, 0.4) is 0 Å². The Morgan fingerprint density at radius 2 is 1.50 bits per heavy atom. The number of benzene rings is 2.